The lowest BCUT2D eigenvalue weighted by atomic mass is 10.1. The third-order valence-corrected chi connectivity index (χ3v) is 7.11. The molecule has 0 bridgehead atoms. The molecule has 4 aromatic rings. The number of alkyl halides is 2. The molecule has 5 rings (SSSR count). The van der Waals surface area contributed by atoms with E-state index >= 15 is 0 Å². The first-order valence-corrected chi connectivity index (χ1v) is 13.6. The predicted molar refractivity (Wildman–Crippen MR) is 148 cm³/mol. The van der Waals surface area contributed by atoms with E-state index < -0.39 is 12.5 Å². The van der Waals surface area contributed by atoms with Crippen LogP contribution in [0.2, 0.25) is 5.02 Å². The normalized spacial score (nSPS) is 14.5. The zero-order valence-corrected chi connectivity index (χ0v) is 23.0. The maximum atomic E-state index is 13.3. The van der Waals surface area contributed by atoms with Crippen molar-refractivity contribution in [3.8, 4) is 17.0 Å². The molecule has 1 aliphatic rings. The highest BCUT2D eigenvalue weighted by molar-refractivity contribution is 6.31. The standard InChI is InChI=1S/C27H29ClF2N8O3/c1-17(39)31-8-2-10-36-12-6-19(7-13-36)38-16-22(34-26(40)21-15-33-37-11-3-9-32-25(21)37)24(35-38)20-14-18(28)4-5-23(20)41-27(29)30/h3-5,9,11,14-16,19,27H,2,6-8,10,12-13H2,1H3,(H,31,39)(H,34,40). The van der Waals surface area contributed by atoms with Crippen molar-refractivity contribution in [2.24, 2.45) is 0 Å². The van der Waals surface area contributed by atoms with E-state index in [0.717, 1.165) is 38.9 Å². The topological polar surface area (TPSA) is 119 Å². The van der Waals surface area contributed by atoms with E-state index in [2.05, 4.69) is 25.6 Å². The second kappa shape index (κ2) is 12.6. The molecular formula is C27H29ClF2N8O3. The lowest BCUT2D eigenvalue weighted by Gasteiger charge is -2.32. The number of rotatable bonds is 10. The molecule has 0 aliphatic carbocycles. The summed E-state index contributed by atoms with van der Waals surface area (Å²) in [5.41, 5.74) is 1.39. The van der Waals surface area contributed by atoms with Crippen LogP contribution in [-0.4, -0.2) is 73.9 Å². The lowest BCUT2D eigenvalue weighted by Crippen LogP contribution is -2.36. The van der Waals surface area contributed by atoms with Crippen LogP contribution in [0, 0.1) is 0 Å². The number of aromatic nitrogens is 5. The van der Waals surface area contributed by atoms with Gasteiger partial charge in [0, 0.05) is 55.7 Å². The van der Waals surface area contributed by atoms with Gasteiger partial charge in [-0.25, -0.2) is 9.50 Å². The molecule has 3 aromatic heterocycles. The van der Waals surface area contributed by atoms with Crippen LogP contribution in [0.1, 0.15) is 42.6 Å². The summed E-state index contributed by atoms with van der Waals surface area (Å²) in [5, 5.41) is 14.9. The zero-order chi connectivity index (χ0) is 28.9. The second-order valence-electron chi connectivity index (χ2n) is 9.70. The highest BCUT2D eigenvalue weighted by Crippen LogP contribution is 2.38. The summed E-state index contributed by atoms with van der Waals surface area (Å²) in [7, 11) is 0. The van der Waals surface area contributed by atoms with Gasteiger partial charge in [-0.1, -0.05) is 11.6 Å². The molecule has 1 saturated heterocycles. The van der Waals surface area contributed by atoms with E-state index in [0.29, 0.717) is 22.9 Å². The summed E-state index contributed by atoms with van der Waals surface area (Å²) in [6, 6.07) is 5.99. The summed E-state index contributed by atoms with van der Waals surface area (Å²) in [5.74, 6) is -0.635. The van der Waals surface area contributed by atoms with Crippen LogP contribution in [0.25, 0.3) is 16.9 Å². The Balaban J connectivity index is 1.41. The summed E-state index contributed by atoms with van der Waals surface area (Å²) in [4.78, 5) is 31.0. The molecule has 0 saturated carbocycles. The van der Waals surface area contributed by atoms with Crippen LogP contribution in [0.4, 0.5) is 14.5 Å². The fourth-order valence-corrected chi connectivity index (χ4v) is 5.08. The summed E-state index contributed by atoms with van der Waals surface area (Å²) in [6.07, 6.45) is 8.79. The van der Waals surface area contributed by atoms with E-state index in [1.807, 2.05) is 0 Å². The molecule has 216 valence electrons. The molecule has 1 fully saturated rings. The van der Waals surface area contributed by atoms with Gasteiger partial charge in [0.2, 0.25) is 5.91 Å². The van der Waals surface area contributed by atoms with E-state index in [1.54, 1.807) is 29.3 Å². The van der Waals surface area contributed by atoms with Crippen molar-refractivity contribution in [3.63, 3.8) is 0 Å². The molecular weight excluding hydrogens is 558 g/mol. The largest absolute Gasteiger partial charge is 0.434 e. The highest BCUT2D eigenvalue weighted by Gasteiger charge is 2.26. The second-order valence-corrected chi connectivity index (χ2v) is 10.1. The van der Waals surface area contributed by atoms with E-state index in [4.69, 9.17) is 21.4 Å². The quantitative estimate of drug-likeness (QED) is 0.267. The molecule has 14 heteroatoms. The molecule has 0 atom stereocenters. The molecule has 11 nitrogen and oxygen atoms in total. The number of fused-ring (bicyclic) bond motifs is 1. The van der Waals surface area contributed by atoms with Crippen LogP contribution in [-0.2, 0) is 4.79 Å². The minimum absolute atomic E-state index is 0.0169. The number of benzene rings is 1. The van der Waals surface area contributed by atoms with Crippen molar-refractivity contribution in [1.82, 2.24) is 34.6 Å². The van der Waals surface area contributed by atoms with Gasteiger partial charge in [-0.2, -0.15) is 19.0 Å². The fraction of sp³-hybridized carbons (Fsp3) is 0.370. The fourth-order valence-electron chi connectivity index (χ4n) is 4.91. The Morgan fingerprint density at radius 2 is 2.05 bits per heavy atom. The van der Waals surface area contributed by atoms with Gasteiger partial charge < -0.3 is 20.3 Å². The number of ether oxygens (including phenoxy) is 1. The van der Waals surface area contributed by atoms with Crippen molar-refractivity contribution >= 4 is 34.7 Å². The third kappa shape index (κ3) is 6.80. The van der Waals surface area contributed by atoms with Crippen LogP contribution < -0.4 is 15.4 Å². The molecule has 0 unspecified atom stereocenters. The first-order chi connectivity index (χ1) is 19.8. The first kappa shape index (κ1) is 28.4. The lowest BCUT2D eigenvalue weighted by molar-refractivity contribution is -0.118. The Morgan fingerprint density at radius 1 is 1.24 bits per heavy atom. The molecule has 2 N–H and O–H groups in total. The van der Waals surface area contributed by atoms with Crippen molar-refractivity contribution < 1.29 is 23.1 Å². The SMILES string of the molecule is CC(=O)NCCCN1CCC(n2cc(NC(=O)c3cnn4cccnc34)c(-c3cc(Cl)ccc3OC(F)F)n2)CC1. The highest BCUT2D eigenvalue weighted by atomic mass is 35.5. The Hall–Kier alpha value is -4.10. The van der Waals surface area contributed by atoms with Crippen molar-refractivity contribution in [1.29, 1.82) is 0 Å². The number of carbonyl (C=O) groups excluding carboxylic acids is 2. The van der Waals surface area contributed by atoms with Crippen molar-refractivity contribution in [2.45, 2.75) is 38.8 Å². The number of hydrogen-bond donors (Lipinski definition) is 2. The number of carbonyl (C=O) groups is 2. The number of anilines is 1. The average molecular weight is 587 g/mol. The van der Waals surface area contributed by atoms with E-state index in [-0.39, 0.29) is 34.5 Å². The van der Waals surface area contributed by atoms with Crippen LogP contribution in [0.5, 0.6) is 5.75 Å². The third-order valence-electron chi connectivity index (χ3n) is 6.87. The molecule has 1 aliphatic heterocycles. The number of nitrogens with one attached hydrogen (secondary N) is 2. The minimum Gasteiger partial charge on any atom is -0.434 e. The van der Waals surface area contributed by atoms with Crippen LogP contribution in [0.3, 0.4) is 0 Å². The summed E-state index contributed by atoms with van der Waals surface area (Å²) in [6.45, 7) is 1.59. The number of piperidine rings is 1. The molecule has 41 heavy (non-hydrogen) atoms. The molecule has 0 radical (unpaired) electrons. The maximum absolute atomic E-state index is 13.3. The molecule has 1 aromatic carbocycles. The Morgan fingerprint density at radius 3 is 2.80 bits per heavy atom. The van der Waals surface area contributed by atoms with Gasteiger partial charge in [0.25, 0.3) is 5.91 Å². The Labute approximate surface area is 239 Å². The number of nitrogens with zero attached hydrogens (tertiary/aromatic N) is 6. The molecule has 0 spiro atoms. The van der Waals surface area contributed by atoms with Gasteiger partial charge in [-0.3, -0.25) is 14.3 Å². The minimum atomic E-state index is -3.06. The maximum Gasteiger partial charge on any atom is 0.387 e. The molecule has 2 amide bonds. The summed E-state index contributed by atoms with van der Waals surface area (Å²) < 4.78 is 34.5. The Bertz CT molecular complexity index is 1530. The van der Waals surface area contributed by atoms with Gasteiger partial charge in [0.15, 0.2) is 5.65 Å². The van der Waals surface area contributed by atoms with Crippen LogP contribution >= 0.6 is 11.6 Å². The van der Waals surface area contributed by atoms with E-state index in [9.17, 15) is 18.4 Å². The van der Waals surface area contributed by atoms with Gasteiger partial charge in [-0.15, -0.1) is 0 Å². The first-order valence-electron chi connectivity index (χ1n) is 13.2. The van der Waals surface area contributed by atoms with E-state index in [1.165, 1.54) is 35.8 Å². The zero-order valence-electron chi connectivity index (χ0n) is 22.3. The van der Waals surface area contributed by atoms with Crippen molar-refractivity contribution in [3.05, 3.63) is 59.6 Å². The number of hydrogen-bond acceptors (Lipinski definition) is 7. The summed E-state index contributed by atoms with van der Waals surface area (Å²) >= 11 is 6.24. The van der Waals surface area contributed by atoms with Gasteiger partial charge in [0.1, 0.15) is 17.0 Å². The number of amides is 2. The Kier molecular flexibility index (Phi) is 8.74. The average Bonchev–Trinajstić information content (AvgIpc) is 3.57. The monoisotopic (exact) mass is 586 g/mol. The van der Waals surface area contributed by atoms with Gasteiger partial charge in [-0.05, 0) is 50.1 Å². The smallest absolute Gasteiger partial charge is 0.387 e. The number of halogens is 3. The van der Waals surface area contributed by atoms with Gasteiger partial charge >= 0.3 is 6.61 Å². The van der Waals surface area contributed by atoms with Gasteiger partial charge in [0.05, 0.1) is 17.9 Å². The van der Waals surface area contributed by atoms with Crippen molar-refractivity contribution in [2.75, 3.05) is 31.5 Å². The predicted octanol–water partition coefficient (Wildman–Crippen LogP) is 4.26. The number of likely N-dealkylation sites (tertiary alicyclic amines) is 1. The van der Waals surface area contributed by atoms with Crippen LogP contribution in [0.15, 0.2) is 49.1 Å². The molecule has 4 heterocycles.